The SMILES string of the molecule is CCCSc1nnc(-c2cc(OC)c(OC)c(OC)c2)n1C1CCCCC1. The standard InChI is InChI=1S/C20H29N3O3S/c1-5-11-27-20-22-21-19(23(20)15-9-7-6-8-10-15)14-12-16(24-2)18(26-4)17(13-14)25-3/h12-13,15H,5-11H2,1-4H3. The summed E-state index contributed by atoms with van der Waals surface area (Å²) < 4.78 is 18.9. The smallest absolute Gasteiger partial charge is 0.203 e. The third-order valence-corrected chi connectivity index (χ3v) is 6.11. The van der Waals surface area contributed by atoms with Gasteiger partial charge in [0.25, 0.3) is 0 Å². The molecule has 1 heterocycles. The van der Waals surface area contributed by atoms with Gasteiger partial charge in [0.1, 0.15) is 0 Å². The lowest BCUT2D eigenvalue weighted by Crippen LogP contribution is -2.15. The van der Waals surface area contributed by atoms with E-state index in [9.17, 15) is 0 Å². The highest BCUT2D eigenvalue weighted by molar-refractivity contribution is 7.99. The second-order valence-corrected chi connectivity index (χ2v) is 7.79. The lowest BCUT2D eigenvalue weighted by molar-refractivity contribution is 0.324. The fraction of sp³-hybridized carbons (Fsp3) is 0.600. The van der Waals surface area contributed by atoms with E-state index >= 15 is 0 Å². The molecule has 1 aromatic heterocycles. The summed E-state index contributed by atoms with van der Waals surface area (Å²) in [6, 6.07) is 4.36. The average Bonchev–Trinajstić information content (AvgIpc) is 3.15. The Morgan fingerprint density at radius 3 is 2.22 bits per heavy atom. The predicted octanol–water partition coefficient (Wildman–Crippen LogP) is 4.98. The summed E-state index contributed by atoms with van der Waals surface area (Å²) in [5.41, 5.74) is 0.936. The van der Waals surface area contributed by atoms with Gasteiger partial charge in [-0.3, -0.25) is 4.57 Å². The molecule has 1 saturated carbocycles. The molecule has 1 aromatic carbocycles. The van der Waals surface area contributed by atoms with Crippen LogP contribution in [0.25, 0.3) is 11.4 Å². The number of benzene rings is 1. The van der Waals surface area contributed by atoms with Gasteiger partial charge in [-0.25, -0.2) is 0 Å². The highest BCUT2D eigenvalue weighted by Crippen LogP contribution is 2.42. The molecule has 0 radical (unpaired) electrons. The van der Waals surface area contributed by atoms with E-state index in [1.807, 2.05) is 12.1 Å². The van der Waals surface area contributed by atoms with Crippen molar-refractivity contribution in [2.75, 3.05) is 27.1 Å². The van der Waals surface area contributed by atoms with Gasteiger partial charge in [0.2, 0.25) is 5.75 Å². The number of methoxy groups -OCH3 is 3. The van der Waals surface area contributed by atoms with Gasteiger partial charge in [-0.05, 0) is 31.4 Å². The van der Waals surface area contributed by atoms with Crippen LogP contribution in [-0.4, -0.2) is 41.8 Å². The van der Waals surface area contributed by atoms with Crippen LogP contribution in [-0.2, 0) is 0 Å². The Bertz CT molecular complexity index is 732. The molecule has 1 aliphatic carbocycles. The second kappa shape index (κ2) is 9.35. The molecule has 7 heteroatoms. The van der Waals surface area contributed by atoms with Crippen molar-refractivity contribution >= 4 is 11.8 Å². The minimum atomic E-state index is 0.446. The first kappa shape index (κ1) is 19.9. The highest BCUT2D eigenvalue weighted by atomic mass is 32.2. The minimum absolute atomic E-state index is 0.446. The van der Waals surface area contributed by atoms with Crippen molar-refractivity contribution in [2.24, 2.45) is 0 Å². The van der Waals surface area contributed by atoms with Crippen LogP contribution in [0.4, 0.5) is 0 Å². The number of aromatic nitrogens is 3. The van der Waals surface area contributed by atoms with E-state index in [0.717, 1.165) is 28.7 Å². The van der Waals surface area contributed by atoms with E-state index in [-0.39, 0.29) is 0 Å². The number of hydrogen-bond donors (Lipinski definition) is 0. The van der Waals surface area contributed by atoms with Crippen LogP contribution < -0.4 is 14.2 Å². The summed E-state index contributed by atoms with van der Waals surface area (Å²) >= 11 is 1.79. The van der Waals surface area contributed by atoms with Crippen LogP contribution in [0.1, 0.15) is 51.5 Å². The molecule has 0 N–H and O–H groups in total. The van der Waals surface area contributed by atoms with Crippen molar-refractivity contribution in [1.29, 1.82) is 0 Å². The average molecular weight is 392 g/mol. The Kier molecular flexibility index (Phi) is 6.88. The topological polar surface area (TPSA) is 58.4 Å². The maximum atomic E-state index is 5.53. The maximum absolute atomic E-state index is 5.53. The molecule has 0 bridgehead atoms. The van der Waals surface area contributed by atoms with Crippen LogP contribution in [0.3, 0.4) is 0 Å². The Labute approximate surface area is 165 Å². The minimum Gasteiger partial charge on any atom is -0.493 e. The Hall–Kier alpha value is -1.89. The lowest BCUT2D eigenvalue weighted by atomic mass is 9.95. The molecule has 1 aliphatic rings. The van der Waals surface area contributed by atoms with Crippen molar-refractivity contribution in [3.8, 4) is 28.6 Å². The summed E-state index contributed by atoms with van der Waals surface area (Å²) in [6.45, 7) is 2.19. The number of rotatable bonds is 8. The predicted molar refractivity (Wildman–Crippen MR) is 108 cm³/mol. The number of hydrogen-bond acceptors (Lipinski definition) is 6. The van der Waals surface area contributed by atoms with E-state index in [4.69, 9.17) is 14.2 Å². The monoisotopic (exact) mass is 391 g/mol. The summed E-state index contributed by atoms with van der Waals surface area (Å²) in [4.78, 5) is 0. The van der Waals surface area contributed by atoms with E-state index in [0.29, 0.717) is 23.3 Å². The third kappa shape index (κ3) is 4.18. The zero-order valence-corrected chi connectivity index (χ0v) is 17.5. The van der Waals surface area contributed by atoms with Crippen LogP contribution in [0, 0.1) is 0 Å². The molecule has 0 amide bonds. The Morgan fingerprint density at radius 2 is 1.67 bits per heavy atom. The van der Waals surface area contributed by atoms with Gasteiger partial charge in [0, 0.05) is 17.4 Å². The van der Waals surface area contributed by atoms with E-state index in [1.165, 1.54) is 32.1 Å². The number of nitrogens with zero attached hydrogens (tertiary/aromatic N) is 3. The zero-order valence-electron chi connectivity index (χ0n) is 16.7. The summed E-state index contributed by atoms with van der Waals surface area (Å²) in [6.07, 6.45) is 7.30. The summed E-state index contributed by atoms with van der Waals surface area (Å²) in [5, 5.41) is 10.1. The fourth-order valence-electron chi connectivity index (χ4n) is 3.64. The maximum Gasteiger partial charge on any atom is 0.203 e. The molecule has 0 aliphatic heterocycles. The molecule has 3 rings (SSSR count). The highest BCUT2D eigenvalue weighted by Gasteiger charge is 2.25. The Morgan fingerprint density at radius 1 is 1.00 bits per heavy atom. The van der Waals surface area contributed by atoms with Gasteiger partial charge in [0.05, 0.1) is 21.3 Å². The molecule has 0 spiro atoms. The van der Waals surface area contributed by atoms with Crippen LogP contribution >= 0.6 is 11.8 Å². The van der Waals surface area contributed by atoms with E-state index < -0.39 is 0 Å². The second-order valence-electron chi connectivity index (χ2n) is 6.73. The Balaban J connectivity index is 2.09. The van der Waals surface area contributed by atoms with Gasteiger partial charge in [-0.1, -0.05) is 37.9 Å². The normalized spacial score (nSPS) is 15.0. The van der Waals surface area contributed by atoms with Crippen molar-refractivity contribution in [2.45, 2.75) is 56.6 Å². The quantitative estimate of drug-likeness (QED) is 0.592. The van der Waals surface area contributed by atoms with Crippen molar-refractivity contribution in [1.82, 2.24) is 14.8 Å². The molecule has 148 valence electrons. The first-order valence-corrected chi connectivity index (χ1v) is 10.6. The largest absolute Gasteiger partial charge is 0.493 e. The first-order valence-electron chi connectivity index (χ1n) is 9.61. The van der Waals surface area contributed by atoms with Gasteiger partial charge in [0.15, 0.2) is 22.5 Å². The van der Waals surface area contributed by atoms with Gasteiger partial charge in [-0.2, -0.15) is 0 Å². The van der Waals surface area contributed by atoms with E-state index in [1.54, 1.807) is 33.1 Å². The van der Waals surface area contributed by atoms with Crippen molar-refractivity contribution in [3.05, 3.63) is 12.1 Å². The third-order valence-electron chi connectivity index (χ3n) is 4.96. The molecule has 0 atom stereocenters. The molecular weight excluding hydrogens is 362 g/mol. The summed E-state index contributed by atoms with van der Waals surface area (Å²) in [5.74, 6) is 3.77. The zero-order chi connectivity index (χ0) is 19.2. The molecule has 0 saturated heterocycles. The molecule has 6 nitrogen and oxygen atoms in total. The first-order chi connectivity index (χ1) is 13.2. The van der Waals surface area contributed by atoms with Gasteiger partial charge < -0.3 is 14.2 Å². The van der Waals surface area contributed by atoms with Crippen LogP contribution in [0.15, 0.2) is 17.3 Å². The van der Waals surface area contributed by atoms with Crippen LogP contribution in [0.5, 0.6) is 17.2 Å². The molecule has 0 unspecified atom stereocenters. The van der Waals surface area contributed by atoms with Crippen LogP contribution in [0.2, 0.25) is 0 Å². The van der Waals surface area contributed by atoms with Gasteiger partial charge in [-0.15, -0.1) is 10.2 Å². The summed E-state index contributed by atoms with van der Waals surface area (Å²) in [7, 11) is 4.88. The molecule has 1 fully saturated rings. The number of thioether (sulfide) groups is 1. The van der Waals surface area contributed by atoms with Crippen molar-refractivity contribution in [3.63, 3.8) is 0 Å². The molecule has 27 heavy (non-hydrogen) atoms. The fourth-order valence-corrected chi connectivity index (χ4v) is 4.50. The number of ether oxygens (including phenoxy) is 3. The molecular formula is C20H29N3O3S. The van der Waals surface area contributed by atoms with Crippen molar-refractivity contribution < 1.29 is 14.2 Å². The molecule has 2 aromatic rings. The van der Waals surface area contributed by atoms with E-state index in [2.05, 4.69) is 21.7 Å². The van der Waals surface area contributed by atoms with Gasteiger partial charge >= 0.3 is 0 Å². The lowest BCUT2D eigenvalue weighted by Gasteiger charge is -2.26.